The van der Waals surface area contributed by atoms with Crippen LogP contribution in [-0.2, 0) is 0 Å². The van der Waals surface area contributed by atoms with Crippen molar-refractivity contribution in [2.45, 2.75) is 54.0 Å². The van der Waals surface area contributed by atoms with Crippen LogP contribution >= 0.6 is 0 Å². The third kappa shape index (κ3) is 5.53. The van der Waals surface area contributed by atoms with Crippen molar-refractivity contribution in [1.82, 2.24) is 4.90 Å². The molecule has 0 aliphatic rings. The maximum absolute atomic E-state index is 5.80. The molecule has 0 aromatic rings. The maximum Gasteiger partial charge on any atom is 0.00901 e. The Hall–Kier alpha value is -0.0800. The first kappa shape index (κ1) is 14.9. The minimum absolute atomic E-state index is 0.234. The number of hydrogen-bond acceptors (Lipinski definition) is 2. The summed E-state index contributed by atoms with van der Waals surface area (Å²) in [6, 6.07) is 0.649. The highest BCUT2D eigenvalue weighted by Crippen LogP contribution is 2.19. The van der Waals surface area contributed by atoms with E-state index in [1.165, 1.54) is 13.0 Å². The van der Waals surface area contributed by atoms with Crippen molar-refractivity contribution in [3.05, 3.63) is 0 Å². The van der Waals surface area contributed by atoms with Crippen LogP contribution in [0.15, 0.2) is 0 Å². The van der Waals surface area contributed by atoms with Gasteiger partial charge in [0.1, 0.15) is 0 Å². The molecule has 2 N–H and O–H groups in total. The summed E-state index contributed by atoms with van der Waals surface area (Å²) in [5.41, 5.74) is 6.03. The van der Waals surface area contributed by atoms with Crippen LogP contribution in [0, 0.1) is 11.3 Å². The van der Waals surface area contributed by atoms with Crippen LogP contribution in [0.1, 0.15) is 48.0 Å². The first-order valence-corrected chi connectivity index (χ1v) is 6.28. The molecule has 0 saturated carbocycles. The zero-order valence-corrected chi connectivity index (χ0v) is 11.5. The summed E-state index contributed by atoms with van der Waals surface area (Å²) in [6.07, 6.45) is 1.22. The molecule has 2 nitrogen and oxygen atoms in total. The average Bonchev–Trinajstić information content (AvgIpc) is 2.15. The predicted molar refractivity (Wildman–Crippen MR) is 69.0 cm³/mol. The van der Waals surface area contributed by atoms with E-state index in [1.807, 2.05) is 0 Å². The molecule has 0 aliphatic carbocycles. The van der Waals surface area contributed by atoms with E-state index in [4.69, 9.17) is 5.73 Å². The molecule has 0 bridgehead atoms. The highest BCUT2D eigenvalue weighted by molar-refractivity contribution is 4.79. The molecule has 0 aromatic heterocycles. The molecule has 92 valence electrons. The zero-order valence-electron chi connectivity index (χ0n) is 11.5. The van der Waals surface area contributed by atoms with Gasteiger partial charge in [-0.3, -0.25) is 4.90 Å². The second-order valence-electron chi connectivity index (χ2n) is 5.82. The van der Waals surface area contributed by atoms with Gasteiger partial charge in [0.25, 0.3) is 0 Å². The van der Waals surface area contributed by atoms with Crippen LogP contribution in [-0.4, -0.2) is 30.6 Å². The molecule has 0 aliphatic heterocycles. The van der Waals surface area contributed by atoms with E-state index < -0.39 is 0 Å². The summed E-state index contributed by atoms with van der Waals surface area (Å²) in [5, 5.41) is 0. The summed E-state index contributed by atoms with van der Waals surface area (Å²) >= 11 is 0. The van der Waals surface area contributed by atoms with E-state index in [9.17, 15) is 0 Å². The zero-order chi connectivity index (χ0) is 12.1. The van der Waals surface area contributed by atoms with Crippen LogP contribution in [0.5, 0.6) is 0 Å². The first-order chi connectivity index (χ1) is 6.84. The van der Waals surface area contributed by atoms with Gasteiger partial charge < -0.3 is 5.73 Å². The van der Waals surface area contributed by atoms with Crippen molar-refractivity contribution >= 4 is 0 Å². The number of nitrogens with zero attached hydrogens (tertiary/aromatic N) is 1. The molecular formula is C13H30N2. The van der Waals surface area contributed by atoms with E-state index in [0.29, 0.717) is 12.0 Å². The van der Waals surface area contributed by atoms with Gasteiger partial charge in [-0.15, -0.1) is 0 Å². The van der Waals surface area contributed by atoms with Crippen LogP contribution in [0.3, 0.4) is 0 Å². The molecule has 0 radical (unpaired) electrons. The normalized spacial score (nSPS) is 15.0. The van der Waals surface area contributed by atoms with Crippen molar-refractivity contribution in [3.63, 3.8) is 0 Å². The lowest BCUT2D eigenvalue weighted by molar-refractivity contribution is 0.114. The fourth-order valence-electron chi connectivity index (χ4n) is 1.75. The van der Waals surface area contributed by atoms with Gasteiger partial charge in [0, 0.05) is 12.6 Å². The molecule has 0 heterocycles. The Morgan fingerprint density at radius 3 is 2.07 bits per heavy atom. The standard InChI is InChI=1S/C13H30N2/c1-7-8-15(12(4)11(2)3)10-13(5,6)9-14/h11-12H,7-10,14H2,1-6H3. The largest absolute Gasteiger partial charge is 0.330 e. The fraction of sp³-hybridized carbons (Fsp3) is 1.00. The highest BCUT2D eigenvalue weighted by Gasteiger charge is 2.24. The number of hydrogen-bond donors (Lipinski definition) is 1. The number of rotatable bonds is 7. The molecule has 0 aromatic carbocycles. The van der Waals surface area contributed by atoms with Gasteiger partial charge in [0.2, 0.25) is 0 Å². The minimum atomic E-state index is 0.234. The second-order valence-corrected chi connectivity index (χ2v) is 5.82. The monoisotopic (exact) mass is 214 g/mol. The number of nitrogens with two attached hydrogens (primary N) is 1. The molecule has 0 amide bonds. The van der Waals surface area contributed by atoms with Crippen LogP contribution in [0.4, 0.5) is 0 Å². The summed E-state index contributed by atoms with van der Waals surface area (Å²) in [6.45, 7) is 16.7. The smallest absolute Gasteiger partial charge is 0.00901 e. The maximum atomic E-state index is 5.80. The van der Waals surface area contributed by atoms with Crippen molar-refractivity contribution in [1.29, 1.82) is 0 Å². The molecule has 0 saturated heterocycles. The first-order valence-electron chi connectivity index (χ1n) is 6.28. The Morgan fingerprint density at radius 1 is 1.20 bits per heavy atom. The minimum Gasteiger partial charge on any atom is -0.330 e. The summed E-state index contributed by atoms with van der Waals surface area (Å²) in [7, 11) is 0. The Labute approximate surface area is 96.2 Å². The summed E-state index contributed by atoms with van der Waals surface area (Å²) in [5.74, 6) is 0.713. The van der Waals surface area contributed by atoms with E-state index in [0.717, 1.165) is 13.1 Å². The lowest BCUT2D eigenvalue weighted by Crippen LogP contribution is -2.45. The molecule has 0 fully saturated rings. The molecule has 0 spiro atoms. The van der Waals surface area contributed by atoms with Gasteiger partial charge in [0.15, 0.2) is 0 Å². The van der Waals surface area contributed by atoms with Crippen LogP contribution in [0.25, 0.3) is 0 Å². The highest BCUT2D eigenvalue weighted by atomic mass is 15.2. The Kier molecular flexibility index (Phi) is 6.46. The third-order valence-corrected chi connectivity index (χ3v) is 3.24. The van der Waals surface area contributed by atoms with E-state index in [2.05, 4.69) is 46.4 Å². The molecule has 0 rings (SSSR count). The Morgan fingerprint density at radius 2 is 1.73 bits per heavy atom. The molecular weight excluding hydrogens is 184 g/mol. The molecule has 15 heavy (non-hydrogen) atoms. The van der Waals surface area contributed by atoms with Gasteiger partial charge in [-0.25, -0.2) is 0 Å². The van der Waals surface area contributed by atoms with Crippen LogP contribution in [0.2, 0.25) is 0 Å². The Bertz CT molecular complexity index is 164. The Balaban J connectivity index is 4.39. The van der Waals surface area contributed by atoms with Gasteiger partial charge in [0.05, 0.1) is 0 Å². The summed E-state index contributed by atoms with van der Waals surface area (Å²) < 4.78 is 0. The van der Waals surface area contributed by atoms with Crippen LogP contribution < -0.4 is 5.73 Å². The lowest BCUT2D eigenvalue weighted by Gasteiger charge is -2.37. The lowest BCUT2D eigenvalue weighted by atomic mass is 9.91. The second kappa shape index (κ2) is 6.49. The topological polar surface area (TPSA) is 29.3 Å². The summed E-state index contributed by atoms with van der Waals surface area (Å²) in [4.78, 5) is 2.58. The molecule has 2 heteroatoms. The van der Waals surface area contributed by atoms with Crippen molar-refractivity contribution in [2.75, 3.05) is 19.6 Å². The molecule has 1 unspecified atom stereocenters. The van der Waals surface area contributed by atoms with E-state index >= 15 is 0 Å². The average molecular weight is 214 g/mol. The SMILES string of the molecule is CCCN(CC(C)(C)CN)C(C)C(C)C. The van der Waals surface area contributed by atoms with Gasteiger partial charge in [-0.2, -0.15) is 0 Å². The van der Waals surface area contributed by atoms with E-state index in [1.54, 1.807) is 0 Å². The van der Waals surface area contributed by atoms with Crippen molar-refractivity contribution < 1.29 is 0 Å². The third-order valence-electron chi connectivity index (χ3n) is 3.24. The predicted octanol–water partition coefficient (Wildman–Crippen LogP) is 2.73. The van der Waals surface area contributed by atoms with Gasteiger partial charge >= 0.3 is 0 Å². The van der Waals surface area contributed by atoms with Gasteiger partial charge in [-0.05, 0) is 37.8 Å². The molecule has 1 atom stereocenters. The fourth-order valence-corrected chi connectivity index (χ4v) is 1.75. The van der Waals surface area contributed by atoms with E-state index in [-0.39, 0.29) is 5.41 Å². The van der Waals surface area contributed by atoms with Crippen molar-refractivity contribution in [2.24, 2.45) is 17.1 Å². The van der Waals surface area contributed by atoms with Gasteiger partial charge in [-0.1, -0.05) is 34.6 Å². The van der Waals surface area contributed by atoms with Crippen molar-refractivity contribution in [3.8, 4) is 0 Å². The quantitative estimate of drug-likeness (QED) is 0.706.